The number of para-hydroxylation sites is 1. The number of anilines is 1. The van der Waals surface area contributed by atoms with Gasteiger partial charge in [-0.05, 0) is 18.1 Å². The van der Waals surface area contributed by atoms with E-state index < -0.39 is 10.0 Å². The first-order valence-electron chi connectivity index (χ1n) is 6.42. The molecular formula is C13H21N3O3S. The maximum atomic E-state index is 12.4. The van der Waals surface area contributed by atoms with E-state index in [1.807, 2.05) is 6.92 Å². The standard InChI is InChI=1S/C13H21N3O3S/c1-3-8-16(9-13(17)15-2)20(18,19)10-11-6-4-5-7-12(11)14/h4-7H,3,8-10,14H2,1-2H3,(H,15,17). The summed E-state index contributed by atoms with van der Waals surface area (Å²) in [7, 11) is -2.09. The van der Waals surface area contributed by atoms with Crippen LogP contribution in [0.15, 0.2) is 24.3 Å². The van der Waals surface area contributed by atoms with Crippen molar-refractivity contribution >= 4 is 21.6 Å². The number of carbonyl (C=O) groups is 1. The predicted octanol–water partition coefficient (Wildman–Crippen LogP) is 0.557. The molecule has 0 aromatic heterocycles. The molecule has 0 unspecified atom stereocenters. The van der Waals surface area contributed by atoms with Gasteiger partial charge in [-0.15, -0.1) is 0 Å². The lowest BCUT2D eigenvalue weighted by atomic mass is 10.2. The topological polar surface area (TPSA) is 92.5 Å². The Hall–Kier alpha value is -1.60. The summed E-state index contributed by atoms with van der Waals surface area (Å²) in [6, 6.07) is 6.83. The molecule has 0 saturated carbocycles. The Kier molecular flexibility index (Phi) is 5.97. The van der Waals surface area contributed by atoms with Gasteiger partial charge in [-0.2, -0.15) is 4.31 Å². The molecule has 0 saturated heterocycles. The van der Waals surface area contributed by atoms with Crippen molar-refractivity contribution in [2.75, 3.05) is 25.9 Å². The lowest BCUT2D eigenvalue weighted by Crippen LogP contribution is -2.40. The quantitative estimate of drug-likeness (QED) is 0.719. The number of hydrogen-bond acceptors (Lipinski definition) is 4. The number of rotatable bonds is 7. The number of benzene rings is 1. The molecule has 7 heteroatoms. The number of nitrogens with one attached hydrogen (secondary N) is 1. The van der Waals surface area contributed by atoms with Gasteiger partial charge in [-0.3, -0.25) is 4.79 Å². The normalized spacial score (nSPS) is 11.6. The van der Waals surface area contributed by atoms with E-state index in [-0.39, 0.29) is 18.2 Å². The van der Waals surface area contributed by atoms with Crippen molar-refractivity contribution in [3.8, 4) is 0 Å². The molecular weight excluding hydrogens is 278 g/mol. The van der Waals surface area contributed by atoms with Gasteiger partial charge < -0.3 is 11.1 Å². The van der Waals surface area contributed by atoms with Crippen LogP contribution in [0.4, 0.5) is 5.69 Å². The number of amides is 1. The Morgan fingerprint density at radius 2 is 2.00 bits per heavy atom. The predicted molar refractivity (Wildman–Crippen MR) is 79.4 cm³/mol. The zero-order valence-corrected chi connectivity index (χ0v) is 12.6. The van der Waals surface area contributed by atoms with Crippen LogP contribution in [-0.2, 0) is 20.6 Å². The van der Waals surface area contributed by atoms with Crippen LogP contribution >= 0.6 is 0 Å². The molecule has 112 valence electrons. The molecule has 3 N–H and O–H groups in total. The molecule has 0 fully saturated rings. The molecule has 0 heterocycles. The van der Waals surface area contributed by atoms with E-state index >= 15 is 0 Å². The van der Waals surface area contributed by atoms with Gasteiger partial charge in [-0.25, -0.2) is 8.42 Å². The second-order valence-electron chi connectivity index (χ2n) is 4.46. The van der Waals surface area contributed by atoms with E-state index in [0.29, 0.717) is 24.2 Å². The van der Waals surface area contributed by atoms with Crippen molar-refractivity contribution in [3.63, 3.8) is 0 Å². The van der Waals surface area contributed by atoms with Gasteiger partial charge in [0.15, 0.2) is 0 Å². The molecule has 0 aliphatic rings. The van der Waals surface area contributed by atoms with Crippen LogP contribution in [0.1, 0.15) is 18.9 Å². The largest absolute Gasteiger partial charge is 0.398 e. The molecule has 0 atom stereocenters. The third-order valence-electron chi connectivity index (χ3n) is 2.86. The van der Waals surface area contributed by atoms with E-state index in [1.54, 1.807) is 24.3 Å². The number of nitrogens with zero attached hydrogens (tertiary/aromatic N) is 1. The first kappa shape index (κ1) is 16.5. The minimum absolute atomic E-state index is 0.167. The van der Waals surface area contributed by atoms with Crippen molar-refractivity contribution in [1.82, 2.24) is 9.62 Å². The van der Waals surface area contributed by atoms with Gasteiger partial charge in [0, 0.05) is 19.3 Å². The smallest absolute Gasteiger partial charge is 0.235 e. The average molecular weight is 299 g/mol. The summed E-state index contributed by atoms with van der Waals surface area (Å²) in [4.78, 5) is 11.4. The second-order valence-corrected chi connectivity index (χ2v) is 6.43. The number of carbonyl (C=O) groups excluding carboxylic acids is 1. The van der Waals surface area contributed by atoms with Crippen LogP contribution in [0.3, 0.4) is 0 Å². The Balaban J connectivity index is 2.93. The minimum atomic E-state index is -3.57. The summed E-state index contributed by atoms with van der Waals surface area (Å²) in [6.07, 6.45) is 0.639. The lowest BCUT2D eigenvalue weighted by molar-refractivity contribution is -0.120. The summed E-state index contributed by atoms with van der Waals surface area (Å²) in [5.41, 5.74) is 6.75. The van der Waals surface area contributed by atoms with Gasteiger partial charge in [0.25, 0.3) is 0 Å². The van der Waals surface area contributed by atoms with Crippen LogP contribution in [0.2, 0.25) is 0 Å². The Morgan fingerprint density at radius 1 is 1.35 bits per heavy atom. The van der Waals surface area contributed by atoms with E-state index in [1.165, 1.54) is 11.4 Å². The van der Waals surface area contributed by atoms with Crippen LogP contribution in [0.25, 0.3) is 0 Å². The Bertz CT molecular complexity index is 558. The van der Waals surface area contributed by atoms with E-state index in [0.717, 1.165) is 0 Å². The zero-order chi connectivity index (χ0) is 15.2. The summed E-state index contributed by atoms with van der Waals surface area (Å²) in [6.45, 7) is 2.01. The third-order valence-corrected chi connectivity index (χ3v) is 4.63. The number of nitrogens with two attached hydrogens (primary N) is 1. The molecule has 6 nitrogen and oxygen atoms in total. The van der Waals surface area contributed by atoms with Gasteiger partial charge in [0.1, 0.15) is 0 Å². The molecule has 0 radical (unpaired) electrons. The van der Waals surface area contributed by atoms with Crippen molar-refractivity contribution in [2.45, 2.75) is 19.1 Å². The maximum absolute atomic E-state index is 12.4. The fourth-order valence-corrected chi connectivity index (χ4v) is 3.37. The number of likely N-dealkylation sites (N-methyl/N-ethyl adjacent to an activating group) is 1. The minimum Gasteiger partial charge on any atom is -0.398 e. The summed E-state index contributed by atoms with van der Waals surface area (Å²) in [5.74, 6) is -0.528. The molecule has 1 amide bonds. The summed E-state index contributed by atoms with van der Waals surface area (Å²) in [5, 5.41) is 2.43. The third kappa shape index (κ3) is 4.50. The monoisotopic (exact) mass is 299 g/mol. The fraction of sp³-hybridized carbons (Fsp3) is 0.462. The maximum Gasteiger partial charge on any atom is 0.235 e. The van der Waals surface area contributed by atoms with E-state index in [9.17, 15) is 13.2 Å². The highest BCUT2D eigenvalue weighted by Crippen LogP contribution is 2.17. The number of sulfonamides is 1. The van der Waals surface area contributed by atoms with Crippen molar-refractivity contribution in [1.29, 1.82) is 0 Å². The van der Waals surface area contributed by atoms with Crippen LogP contribution in [-0.4, -0.2) is 38.8 Å². The van der Waals surface area contributed by atoms with Gasteiger partial charge >= 0.3 is 0 Å². The molecule has 0 spiro atoms. The zero-order valence-electron chi connectivity index (χ0n) is 11.8. The SMILES string of the molecule is CCCN(CC(=O)NC)S(=O)(=O)Cc1ccccc1N. The first-order chi connectivity index (χ1) is 9.40. The second kappa shape index (κ2) is 7.25. The fourth-order valence-electron chi connectivity index (χ4n) is 1.76. The van der Waals surface area contributed by atoms with Gasteiger partial charge in [-0.1, -0.05) is 25.1 Å². The van der Waals surface area contributed by atoms with Crippen LogP contribution in [0.5, 0.6) is 0 Å². The van der Waals surface area contributed by atoms with Crippen LogP contribution < -0.4 is 11.1 Å². The first-order valence-corrected chi connectivity index (χ1v) is 8.03. The van der Waals surface area contributed by atoms with E-state index in [4.69, 9.17) is 5.73 Å². The van der Waals surface area contributed by atoms with E-state index in [2.05, 4.69) is 5.32 Å². The van der Waals surface area contributed by atoms with Gasteiger partial charge in [0.2, 0.25) is 15.9 Å². The summed E-state index contributed by atoms with van der Waals surface area (Å²) < 4.78 is 26.0. The van der Waals surface area contributed by atoms with Gasteiger partial charge in [0.05, 0.1) is 12.3 Å². The number of nitrogen functional groups attached to an aromatic ring is 1. The molecule has 0 bridgehead atoms. The molecule has 0 aliphatic heterocycles. The highest BCUT2D eigenvalue weighted by atomic mass is 32.2. The van der Waals surface area contributed by atoms with Crippen molar-refractivity contribution < 1.29 is 13.2 Å². The lowest BCUT2D eigenvalue weighted by Gasteiger charge is -2.21. The highest BCUT2D eigenvalue weighted by molar-refractivity contribution is 7.88. The summed E-state index contributed by atoms with van der Waals surface area (Å²) >= 11 is 0. The molecule has 1 rings (SSSR count). The van der Waals surface area contributed by atoms with Crippen molar-refractivity contribution in [2.24, 2.45) is 0 Å². The molecule has 0 aliphatic carbocycles. The van der Waals surface area contributed by atoms with Crippen molar-refractivity contribution in [3.05, 3.63) is 29.8 Å². The molecule has 1 aromatic carbocycles. The molecule has 1 aromatic rings. The Morgan fingerprint density at radius 3 is 2.55 bits per heavy atom. The average Bonchev–Trinajstić information content (AvgIpc) is 2.40. The molecule has 20 heavy (non-hydrogen) atoms. The highest BCUT2D eigenvalue weighted by Gasteiger charge is 2.24. The number of hydrogen-bond donors (Lipinski definition) is 2. The van der Waals surface area contributed by atoms with Crippen LogP contribution in [0, 0.1) is 0 Å². The Labute approximate surface area is 120 Å².